The van der Waals surface area contributed by atoms with Gasteiger partial charge in [0.1, 0.15) is 5.75 Å². The molecule has 0 aromatic heterocycles. The van der Waals surface area contributed by atoms with E-state index in [1.54, 1.807) is 25.3 Å². The summed E-state index contributed by atoms with van der Waals surface area (Å²) in [6.45, 7) is 0. The van der Waals surface area contributed by atoms with Crippen LogP contribution in [0.1, 0.15) is 31.2 Å². The molecule has 24 heavy (non-hydrogen) atoms. The first-order chi connectivity index (χ1) is 11.5. The lowest BCUT2D eigenvalue weighted by molar-refractivity contribution is -0.121. The summed E-state index contributed by atoms with van der Waals surface area (Å²) in [5.74, 6) is 0.588. The fourth-order valence-electron chi connectivity index (χ4n) is 3.47. The second-order valence-corrected chi connectivity index (χ2v) is 6.65. The molecule has 1 aliphatic carbocycles. The zero-order valence-electron chi connectivity index (χ0n) is 13.6. The summed E-state index contributed by atoms with van der Waals surface area (Å²) in [5.41, 5.74) is 7.55. The van der Waals surface area contributed by atoms with Gasteiger partial charge in [0.2, 0.25) is 5.91 Å². The standard InChI is InChI=1S/C19H21ClN2O2/c1-24-17-8-7-15(12-16(17)21)22-18(23)19(9-2-3-10-19)13-5-4-6-14(20)11-13/h4-8,11-12H,2-3,9-10,21H2,1H3,(H,22,23). The van der Waals surface area contributed by atoms with Crippen molar-refractivity contribution < 1.29 is 9.53 Å². The van der Waals surface area contributed by atoms with E-state index < -0.39 is 5.41 Å². The van der Waals surface area contributed by atoms with Crippen molar-refractivity contribution in [1.29, 1.82) is 0 Å². The number of methoxy groups -OCH3 is 1. The van der Waals surface area contributed by atoms with Crippen LogP contribution in [0.5, 0.6) is 5.75 Å². The predicted octanol–water partition coefficient (Wildman–Crippen LogP) is 4.38. The van der Waals surface area contributed by atoms with Crippen molar-refractivity contribution in [1.82, 2.24) is 0 Å². The SMILES string of the molecule is COc1ccc(NC(=O)C2(c3cccc(Cl)c3)CCCC2)cc1N. The zero-order chi connectivity index (χ0) is 17.2. The van der Waals surface area contributed by atoms with E-state index >= 15 is 0 Å². The summed E-state index contributed by atoms with van der Waals surface area (Å²) >= 11 is 6.14. The molecule has 1 saturated carbocycles. The van der Waals surface area contributed by atoms with Gasteiger partial charge in [-0.1, -0.05) is 36.6 Å². The number of nitrogens with two attached hydrogens (primary N) is 1. The van der Waals surface area contributed by atoms with Crippen molar-refractivity contribution in [2.75, 3.05) is 18.2 Å². The van der Waals surface area contributed by atoms with E-state index in [0.29, 0.717) is 22.1 Å². The van der Waals surface area contributed by atoms with Gasteiger partial charge in [0, 0.05) is 10.7 Å². The van der Waals surface area contributed by atoms with E-state index in [0.717, 1.165) is 31.2 Å². The van der Waals surface area contributed by atoms with Crippen LogP contribution in [0.15, 0.2) is 42.5 Å². The number of anilines is 2. The average Bonchev–Trinajstić information content (AvgIpc) is 3.06. The number of carbonyl (C=O) groups excluding carboxylic acids is 1. The van der Waals surface area contributed by atoms with Crippen molar-refractivity contribution in [3.8, 4) is 5.75 Å². The largest absolute Gasteiger partial charge is 0.495 e. The Bertz CT molecular complexity index is 755. The molecule has 3 N–H and O–H groups in total. The van der Waals surface area contributed by atoms with E-state index in [1.807, 2.05) is 24.3 Å². The molecule has 1 aliphatic rings. The van der Waals surface area contributed by atoms with Crippen LogP contribution >= 0.6 is 11.6 Å². The molecule has 0 radical (unpaired) electrons. The van der Waals surface area contributed by atoms with E-state index in [9.17, 15) is 4.79 Å². The maximum absolute atomic E-state index is 13.1. The van der Waals surface area contributed by atoms with Gasteiger partial charge in [0.05, 0.1) is 18.2 Å². The number of hydrogen-bond acceptors (Lipinski definition) is 3. The van der Waals surface area contributed by atoms with Crippen LogP contribution in [0.4, 0.5) is 11.4 Å². The van der Waals surface area contributed by atoms with Crippen molar-refractivity contribution >= 4 is 28.9 Å². The molecule has 4 nitrogen and oxygen atoms in total. The maximum atomic E-state index is 13.1. The first-order valence-electron chi connectivity index (χ1n) is 8.06. The van der Waals surface area contributed by atoms with Crippen molar-refractivity contribution in [3.05, 3.63) is 53.1 Å². The molecule has 0 aliphatic heterocycles. The fourth-order valence-corrected chi connectivity index (χ4v) is 3.66. The second kappa shape index (κ2) is 6.73. The highest BCUT2D eigenvalue weighted by atomic mass is 35.5. The molecule has 0 heterocycles. The molecule has 0 unspecified atom stereocenters. The molecule has 0 spiro atoms. The quantitative estimate of drug-likeness (QED) is 0.809. The molecule has 0 bridgehead atoms. The third kappa shape index (κ3) is 3.06. The number of carbonyl (C=O) groups is 1. The summed E-state index contributed by atoms with van der Waals surface area (Å²) in [5, 5.41) is 3.67. The lowest BCUT2D eigenvalue weighted by Gasteiger charge is -2.28. The van der Waals surface area contributed by atoms with Crippen molar-refractivity contribution in [2.45, 2.75) is 31.1 Å². The van der Waals surface area contributed by atoms with Crippen molar-refractivity contribution in [3.63, 3.8) is 0 Å². The molecule has 0 atom stereocenters. The number of halogens is 1. The van der Waals surface area contributed by atoms with Gasteiger partial charge in [-0.3, -0.25) is 4.79 Å². The average molecular weight is 345 g/mol. The molecule has 2 aromatic carbocycles. The minimum Gasteiger partial charge on any atom is -0.495 e. The monoisotopic (exact) mass is 344 g/mol. The molecule has 1 amide bonds. The van der Waals surface area contributed by atoms with E-state index in [2.05, 4.69) is 5.32 Å². The second-order valence-electron chi connectivity index (χ2n) is 6.21. The number of rotatable bonds is 4. The number of benzene rings is 2. The predicted molar refractivity (Wildman–Crippen MR) is 97.6 cm³/mol. The Morgan fingerprint density at radius 2 is 1.96 bits per heavy atom. The first-order valence-corrected chi connectivity index (χ1v) is 8.44. The highest BCUT2D eigenvalue weighted by molar-refractivity contribution is 6.30. The zero-order valence-corrected chi connectivity index (χ0v) is 14.4. The number of nitrogens with one attached hydrogen (secondary N) is 1. The van der Waals surface area contributed by atoms with Gasteiger partial charge in [-0.05, 0) is 48.7 Å². The molecule has 1 fully saturated rings. The number of ether oxygens (including phenoxy) is 1. The minimum absolute atomic E-state index is 0.00756. The van der Waals surface area contributed by atoms with E-state index in [4.69, 9.17) is 22.1 Å². The highest BCUT2D eigenvalue weighted by Crippen LogP contribution is 2.42. The van der Waals surface area contributed by atoms with Crippen LogP contribution < -0.4 is 15.8 Å². The van der Waals surface area contributed by atoms with Crippen molar-refractivity contribution in [2.24, 2.45) is 0 Å². The van der Waals surface area contributed by atoms with Gasteiger partial charge >= 0.3 is 0 Å². The van der Waals surface area contributed by atoms with Gasteiger partial charge in [-0.25, -0.2) is 0 Å². The summed E-state index contributed by atoms with van der Waals surface area (Å²) in [6.07, 6.45) is 3.71. The third-order valence-electron chi connectivity index (χ3n) is 4.76. The maximum Gasteiger partial charge on any atom is 0.235 e. The van der Waals surface area contributed by atoms with Gasteiger partial charge in [0.25, 0.3) is 0 Å². The Morgan fingerprint density at radius 1 is 1.21 bits per heavy atom. The number of hydrogen-bond donors (Lipinski definition) is 2. The van der Waals surface area contributed by atoms with Crippen LogP contribution in [-0.4, -0.2) is 13.0 Å². The molecule has 5 heteroatoms. The Balaban J connectivity index is 1.89. The summed E-state index contributed by atoms with van der Waals surface area (Å²) in [7, 11) is 1.57. The Labute approximate surface area is 147 Å². The van der Waals surface area contributed by atoms with Crippen LogP contribution in [0, 0.1) is 0 Å². The first kappa shape index (κ1) is 16.7. The Kier molecular flexibility index (Phi) is 4.67. The molecular formula is C19H21ClN2O2. The van der Waals surface area contributed by atoms with E-state index in [1.165, 1.54) is 0 Å². The molecule has 2 aromatic rings. The minimum atomic E-state index is -0.528. The molecule has 3 rings (SSSR count). The molecular weight excluding hydrogens is 324 g/mol. The normalized spacial score (nSPS) is 15.9. The lowest BCUT2D eigenvalue weighted by Crippen LogP contribution is -2.38. The van der Waals surface area contributed by atoms with Gasteiger partial charge in [-0.15, -0.1) is 0 Å². The van der Waals surface area contributed by atoms with Crippen LogP contribution in [0.2, 0.25) is 5.02 Å². The Morgan fingerprint density at radius 3 is 2.58 bits per heavy atom. The smallest absolute Gasteiger partial charge is 0.235 e. The third-order valence-corrected chi connectivity index (χ3v) is 4.99. The van der Waals surface area contributed by atoms with Crippen LogP contribution in [0.25, 0.3) is 0 Å². The molecule has 126 valence electrons. The van der Waals surface area contributed by atoms with Crippen LogP contribution in [-0.2, 0) is 10.2 Å². The summed E-state index contributed by atoms with van der Waals surface area (Å²) < 4.78 is 5.15. The lowest BCUT2D eigenvalue weighted by atomic mass is 9.78. The number of nitrogen functional groups attached to an aromatic ring is 1. The topological polar surface area (TPSA) is 64.3 Å². The fraction of sp³-hybridized carbons (Fsp3) is 0.316. The number of amides is 1. The van der Waals surface area contributed by atoms with Crippen LogP contribution in [0.3, 0.4) is 0 Å². The summed E-state index contributed by atoms with van der Waals surface area (Å²) in [4.78, 5) is 13.1. The summed E-state index contributed by atoms with van der Waals surface area (Å²) in [6, 6.07) is 12.9. The van der Waals surface area contributed by atoms with Gasteiger partial charge in [-0.2, -0.15) is 0 Å². The molecule has 0 saturated heterocycles. The van der Waals surface area contributed by atoms with E-state index in [-0.39, 0.29) is 5.91 Å². The van der Waals surface area contributed by atoms with Gasteiger partial charge in [0.15, 0.2) is 0 Å². The highest BCUT2D eigenvalue weighted by Gasteiger charge is 2.42. The van der Waals surface area contributed by atoms with Gasteiger partial charge < -0.3 is 15.8 Å². The Hall–Kier alpha value is -2.20.